The molecule has 0 fully saturated rings. The van der Waals surface area contributed by atoms with Gasteiger partial charge >= 0.3 is 6.03 Å². The Balaban J connectivity index is 1.84. The van der Waals surface area contributed by atoms with Crippen LogP contribution in [-0.4, -0.2) is 12.8 Å². The van der Waals surface area contributed by atoms with Crippen molar-refractivity contribution >= 4 is 11.7 Å². The average molecular weight is 298 g/mol. The molecule has 116 valence electrons. The number of amides is 2. The first-order chi connectivity index (χ1) is 10.6. The number of carbonyl (C=O) groups excluding carboxylic acids is 1. The summed E-state index contributed by atoms with van der Waals surface area (Å²) in [6, 6.07) is 13.3. The van der Waals surface area contributed by atoms with Crippen LogP contribution in [0.2, 0.25) is 0 Å². The second kappa shape index (κ2) is 7.50. The molecule has 0 heterocycles. The van der Waals surface area contributed by atoms with Crippen LogP contribution in [0.15, 0.2) is 42.5 Å². The molecule has 0 radical (unpaired) electrons. The quantitative estimate of drug-likeness (QED) is 0.819. The molecule has 0 aliphatic heterocycles. The van der Waals surface area contributed by atoms with E-state index < -0.39 is 0 Å². The van der Waals surface area contributed by atoms with Crippen LogP contribution in [0, 0.1) is 13.8 Å². The number of ether oxygens (including phenoxy) is 1. The van der Waals surface area contributed by atoms with Gasteiger partial charge in [0.15, 0.2) is 6.73 Å². The van der Waals surface area contributed by atoms with E-state index in [9.17, 15) is 4.79 Å². The molecule has 2 N–H and O–H groups in total. The van der Waals surface area contributed by atoms with E-state index in [4.69, 9.17) is 4.74 Å². The maximum atomic E-state index is 11.9. The molecule has 0 spiro atoms. The molecule has 4 heteroatoms. The molecule has 0 aliphatic rings. The average Bonchev–Trinajstić information content (AvgIpc) is 2.51. The Hall–Kier alpha value is -2.49. The van der Waals surface area contributed by atoms with Gasteiger partial charge in [0.2, 0.25) is 0 Å². The lowest BCUT2D eigenvalue weighted by atomic mass is 10.1. The van der Waals surface area contributed by atoms with E-state index >= 15 is 0 Å². The lowest BCUT2D eigenvalue weighted by Crippen LogP contribution is -2.32. The van der Waals surface area contributed by atoms with E-state index in [-0.39, 0.29) is 12.8 Å². The summed E-state index contributed by atoms with van der Waals surface area (Å²) in [6.07, 6.45) is 0.871. The minimum atomic E-state index is -0.273. The number of rotatable bonds is 5. The van der Waals surface area contributed by atoms with Gasteiger partial charge in [-0.05, 0) is 55.2 Å². The third-order valence-electron chi connectivity index (χ3n) is 3.60. The SMILES string of the molecule is CCc1ccccc1NC(=O)NCOc1ccc(C)c(C)c1. The minimum absolute atomic E-state index is 0.128. The van der Waals surface area contributed by atoms with Gasteiger partial charge in [-0.3, -0.25) is 0 Å². The van der Waals surface area contributed by atoms with Crippen LogP contribution in [-0.2, 0) is 6.42 Å². The fraction of sp³-hybridized carbons (Fsp3) is 0.278. The lowest BCUT2D eigenvalue weighted by molar-refractivity contribution is 0.234. The second-order valence-electron chi connectivity index (χ2n) is 5.18. The number of nitrogens with one attached hydrogen (secondary N) is 2. The molecule has 0 unspecified atom stereocenters. The van der Waals surface area contributed by atoms with Gasteiger partial charge in [0.1, 0.15) is 5.75 Å². The van der Waals surface area contributed by atoms with Crippen molar-refractivity contribution in [2.45, 2.75) is 27.2 Å². The summed E-state index contributed by atoms with van der Waals surface area (Å²) in [7, 11) is 0. The highest BCUT2D eigenvalue weighted by molar-refractivity contribution is 5.89. The zero-order chi connectivity index (χ0) is 15.9. The third kappa shape index (κ3) is 4.25. The molecule has 4 nitrogen and oxygen atoms in total. The van der Waals surface area contributed by atoms with Gasteiger partial charge in [0, 0.05) is 5.69 Å². The van der Waals surface area contributed by atoms with Crippen molar-refractivity contribution in [3.63, 3.8) is 0 Å². The van der Waals surface area contributed by atoms with Crippen LogP contribution in [0.4, 0.5) is 10.5 Å². The van der Waals surface area contributed by atoms with Gasteiger partial charge in [0.25, 0.3) is 0 Å². The van der Waals surface area contributed by atoms with Crippen molar-refractivity contribution in [3.8, 4) is 5.75 Å². The number of hydrogen-bond acceptors (Lipinski definition) is 2. The highest BCUT2D eigenvalue weighted by atomic mass is 16.5. The van der Waals surface area contributed by atoms with Gasteiger partial charge < -0.3 is 15.4 Å². The van der Waals surface area contributed by atoms with Crippen LogP contribution in [0.25, 0.3) is 0 Å². The number of benzene rings is 2. The molecule has 0 saturated carbocycles. The van der Waals surface area contributed by atoms with Crippen LogP contribution in [0.3, 0.4) is 0 Å². The van der Waals surface area contributed by atoms with Crippen LogP contribution >= 0.6 is 0 Å². The van der Waals surface area contributed by atoms with Crippen molar-refractivity contribution in [1.29, 1.82) is 0 Å². The molecule has 0 saturated heterocycles. The Morgan fingerprint density at radius 1 is 1.09 bits per heavy atom. The maximum Gasteiger partial charge on any atom is 0.321 e. The van der Waals surface area contributed by atoms with Crippen LogP contribution in [0.1, 0.15) is 23.6 Å². The summed E-state index contributed by atoms with van der Waals surface area (Å²) in [5.41, 5.74) is 4.31. The highest BCUT2D eigenvalue weighted by Gasteiger charge is 2.05. The fourth-order valence-corrected chi connectivity index (χ4v) is 2.11. The molecule has 2 amide bonds. The first kappa shape index (κ1) is 15.9. The number of anilines is 1. The fourth-order valence-electron chi connectivity index (χ4n) is 2.11. The number of urea groups is 1. The van der Waals surface area contributed by atoms with Crippen LogP contribution < -0.4 is 15.4 Å². The normalized spacial score (nSPS) is 10.1. The highest BCUT2D eigenvalue weighted by Crippen LogP contribution is 2.16. The Morgan fingerprint density at radius 3 is 2.59 bits per heavy atom. The predicted octanol–water partition coefficient (Wildman–Crippen LogP) is 4.02. The molecular formula is C18H22N2O2. The molecule has 2 aromatic carbocycles. The van der Waals surface area contributed by atoms with Crippen molar-refractivity contribution in [2.75, 3.05) is 12.0 Å². The van der Waals surface area contributed by atoms with Gasteiger partial charge in [0.05, 0.1) is 0 Å². The molecular weight excluding hydrogens is 276 g/mol. The summed E-state index contributed by atoms with van der Waals surface area (Å²) >= 11 is 0. The molecule has 2 rings (SSSR count). The first-order valence-corrected chi connectivity index (χ1v) is 7.43. The van der Waals surface area contributed by atoms with Gasteiger partial charge in [-0.2, -0.15) is 0 Å². The summed E-state index contributed by atoms with van der Waals surface area (Å²) in [5, 5.41) is 5.53. The Bertz CT molecular complexity index is 653. The topological polar surface area (TPSA) is 50.4 Å². The molecule has 0 aliphatic carbocycles. The first-order valence-electron chi connectivity index (χ1n) is 7.43. The standard InChI is InChI=1S/C18H22N2O2/c1-4-15-7-5-6-8-17(15)20-18(21)19-12-22-16-10-9-13(2)14(3)11-16/h5-11H,4,12H2,1-3H3,(H2,19,20,21). The van der Waals surface area contributed by atoms with Gasteiger partial charge in [-0.15, -0.1) is 0 Å². The van der Waals surface area contributed by atoms with E-state index in [0.29, 0.717) is 0 Å². The largest absolute Gasteiger partial charge is 0.473 e. The zero-order valence-electron chi connectivity index (χ0n) is 13.3. The third-order valence-corrected chi connectivity index (χ3v) is 3.60. The van der Waals surface area contributed by atoms with E-state index in [0.717, 1.165) is 23.4 Å². The summed E-state index contributed by atoms with van der Waals surface area (Å²) < 4.78 is 5.53. The van der Waals surface area contributed by atoms with E-state index in [1.165, 1.54) is 11.1 Å². The number of para-hydroxylation sites is 1. The monoisotopic (exact) mass is 298 g/mol. The van der Waals surface area contributed by atoms with Crippen LogP contribution in [0.5, 0.6) is 5.75 Å². The molecule has 22 heavy (non-hydrogen) atoms. The maximum absolute atomic E-state index is 11.9. The van der Waals surface area contributed by atoms with Crippen molar-refractivity contribution in [1.82, 2.24) is 5.32 Å². The Labute approximate surface area is 131 Å². The minimum Gasteiger partial charge on any atom is -0.473 e. The smallest absolute Gasteiger partial charge is 0.321 e. The van der Waals surface area contributed by atoms with Gasteiger partial charge in [-0.25, -0.2) is 4.79 Å². The Kier molecular flexibility index (Phi) is 5.42. The summed E-state index contributed by atoms with van der Waals surface area (Å²) in [4.78, 5) is 11.9. The van der Waals surface area contributed by atoms with Gasteiger partial charge in [-0.1, -0.05) is 31.2 Å². The molecule has 0 atom stereocenters. The summed E-state index contributed by atoms with van der Waals surface area (Å²) in [5.74, 6) is 0.748. The number of carbonyl (C=O) groups is 1. The predicted molar refractivity (Wildman–Crippen MR) is 89.4 cm³/mol. The van der Waals surface area contributed by atoms with E-state index in [1.807, 2.05) is 49.4 Å². The second-order valence-corrected chi connectivity index (χ2v) is 5.18. The molecule has 2 aromatic rings. The zero-order valence-corrected chi connectivity index (χ0v) is 13.3. The van der Waals surface area contributed by atoms with E-state index in [1.54, 1.807) is 0 Å². The van der Waals surface area contributed by atoms with Crippen molar-refractivity contribution in [2.24, 2.45) is 0 Å². The molecule has 0 bridgehead atoms. The van der Waals surface area contributed by atoms with Crippen molar-refractivity contribution < 1.29 is 9.53 Å². The number of aryl methyl sites for hydroxylation is 3. The molecule has 0 aromatic heterocycles. The van der Waals surface area contributed by atoms with E-state index in [2.05, 4.69) is 24.5 Å². The van der Waals surface area contributed by atoms with Crippen molar-refractivity contribution in [3.05, 3.63) is 59.2 Å². The number of hydrogen-bond donors (Lipinski definition) is 2. The summed E-state index contributed by atoms with van der Waals surface area (Å²) in [6.45, 7) is 6.27. The lowest BCUT2D eigenvalue weighted by Gasteiger charge is -2.12. The Morgan fingerprint density at radius 2 is 1.86 bits per heavy atom.